The zero-order chi connectivity index (χ0) is 14.9. The van der Waals surface area contributed by atoms with Gasteiger partial charge in [0.05, 0.1) is 11.9 Å². The molecule has 4 aromatic rings. The van der Waals surface area contributed by atoms with E-state index in [4.69, 9.17) is 0 Å². The summed E-state index contributed by atoms with van der Waals surface area (Å²) in [5, 5.41) is 5.93. The zero-order valence-electron chi connectivity index (χ0n) is 11.8. The van der Waals surface area contributed by atoms with Crippen LogP contribution in [0.1, 0.15) is 5.69 Å². The monoisotopic (exact) mass is 308 g/mol. The van der Waals surface area contributed by atoms with E-state index in [0.717, 1.165) is 27.1 Å². The van der Waals surface area contributed by atoms with Crippen LogP contribution in [0.4, 0.5) is 0 Å². The fourth-order valence-electron chi connectivity index (χ4n) is 2.19. The fourth-order valence-corrected chi connectivity index (χ4v) is 3.10. The predicted molar refractivity (Wildman–Crippen MR) is 83.7 cm³/mol. The van der Waals surface area contributed by atoms with Crippen LogP contribution in [-0.2, 0) is 0 Å². The van der Waals surface area contributed by atoms with Crippen LogP contribution in [0.15, 0.2) is 59.1 Å². The van der Waals surface area contributed by atoms with E-state index in [1.807, 2.05) is 49.5 Å². The number of aromatic nitrogens is 6. The second-order valence-corrected chi connectivity index (χ2v) is 5.79. The third-order valence-corrected chi connectivity index (χ3v) is 4.09. The summed E-state index contributed by atoms with van der Waals surface area (Å²) in [6, 6.07) is 12.1. The van der Waals surface area contributed by atoms with E-state index in [1.54, 1.807) is 4.52 Å². The lowest BCUT2D eigenvalue weighted by Crippen LogP contribution is -1.97. The summed E-state index contributed by atoms with van der Waals surface area (Å²) in [7, 11) is 0. The Labute approximate surface area is 130 Å². The van der Waals surface area contributed by atoms with Crippen LogP contribution in [-0.4, -0.2) is 29.5 Å². The standard InChI is InChI=1S/C15H12N6S/c1-10-7-13(21-14(19-10)17-9-18-21)22-15-16-8-12(20-15)11-5-3-2-4-6-11/h2-9H,1H3,(H,16,20). The number of imidazole rings is 1. The van der Waals surface area contributed by atoms with Crippen molar-refractivity contribution in [2.24, 2.45) is 0 Å². The van der Waals surface area contributed by atoms with Crippen molar-refractivity contribution in [1.29, 1.82) is 0 Å². The first-order valence-electron chi connectivity index (χ1n) is 6.75. The number of nitrogens with one attached hydrogen (secondary N) is 1. The SMILES string of the molecule is Cc1cc(Sc2ncc(-c3ccccc3)[nH]2)n2ncnc2n1. The summed E-state index contributed by atoms with van der Waals surface area (Å²) >= 11 is 1.51. The minimum Gasteiger partial charge on any atom is -0.333 e. The van der Waals surface area contributed by atoms with Crippen molar-refractivity contribution >= 4 is 17.5 Å². The van der Waals surface area contributed by atoms with Gasteiger partial charge in [0.1, 0.15) is 11.4 Å². The average Bonchev–Trinajstić information content (AvgIpc) is 3.17. The van der Waals surface area contributed by atoms with E-state index in [-0.39, 0.29) is 0 Å². The van der Waals surface area contributed by atoms with E-state index >= 15 is 0 Å². The van der Waals surface area contributed by atoms with E-state index in [2.05, 4.69) is 25.0 Å². The van der Waals surface area contributed by atoms with E-state index in [0.29, 0.717) is 5.78 Å². The molecule has 0 saturated carbocycles. The normalized spacial score (nSPS) is 11.1. The summed E-state index contributed by atoms with van der Waals surface area (Å²) in [6.07, 6.45) is 3.34. The number of aryl methyl sites for hydroxylation is 1. The Hall–Kier alpha value is -2.67. The van der Waals surface area contributed by atoms with Gasteiger partial charge in [0.2, 0.25) is 0 Å². The number of rotatable bonds is 3. The minimum absolute atomic E-state index is 0.595. The van der Waals surface area contributed by atoms with Crippen molar-refractivity contribution in [3.63, 3.8) is 0 Å². The van der Waals surface area contributed by atoms with Crippen LogP contribution in [0.25, 0.3) is 17.0 Å². The summed E-state index contributed by atoms with van der Waals surface area (Å²) in [6.45, 7) is 1.94. The smallest absolute Gasteiger partial charge is 0.253 e. The quantitative estimate of drug-likeness (QED) is 0.589. The van der Waals surface area contributed by atoms with E-state index in [1.165, 1.54) is 18.1 Å². The molecule has 0 atom stereocenters. The molecular weight excluding hydrogens is 296 g/mol. The summed E-state index contributed by atoms with van der Waals surface area (Å²) in [4.78, 5) is 16.2. The summed E-state index contributed by atoms with van der Waals surface area (Å²) < 4.78 is 1.71. The van der Waals surface area contributed by atoms with Gasteiger partial charge in [-0.2, -0.15) is 14.6 Å². The highest BCUT2D eigenvalue weighted by Crippen LogP contribution is 2.27. The third-order valence-electron chi connectivity index (χ3n) is 3.19. The molecule has 108 valence electrons. The molecule has 0 saturated heterocycles. The molecule has 22 heavy (non-hydrogen) atoms. The maximum absolute atomic E-state index is 4.43. The lowest BCUT2D eigenvalue weighted by Gasteiger charge is -2.02. The first-order valence-corrected chi connectivity index (χ1v) is 7.57. The van der Waals surface area contributed by atoms with E-state index in [9.17, 15) is 0 Å². The van der Waals surface area contributed by atoms with Crippen molar-refractivity contribution in [3.8, 4) is 11.3 Å². The summed E-state index contributed by atoms with van der Waals surface area (Å²) in [5.41, 5.74) is 3.00. The molecule has 1 aromatic carbocycles. The topological polar surface area (TPSA) is 71.8 Å². The lowest BCUT2D eigenvalue weighted by molar-refractivity contribution is 0.830. The molecule has 1 N–H and O–H groups in total. The van der Waals surface area contributed by atoms with Gasteiger partial charge in [-0.15, -0.1) is 0 Å². The number of hydrogen-bond donors (Lipinski definition) is 1. The molecule has 3 heterocycles. The van der Waals surface area contributed by atoms with Crippen molar-refractivity contribution < 1.29 is 0 Å². The fraction of sp³-hybridized carbons (Fsp3) is 0.0667. The number of fused-ring (bicyclic) bond motifs is 1. The molecule has 0 unspecified atom stereocenters. The van der Waals surface area contributed by atoms with Crippen LogP contribution >= 0.6 is 11.8 Å². The Morgan fingerprint density at radius 1 is 1.14 bits per heavy atom. The molecule has 0 bridgehead atoms. The predicted octanol–water partition coefficient (Wildman–Crippen LogP) is 2.97. The maximum Gasteiger partial charge on any atom is 0.253 e. The molecule has 0 radical (unpaired) electrons. The van der Waals surface area contributed by atoms with Crippen molar-refractivity contribution in [1.82, 2.24) is 29.5 Å². The first-order chi connectivity index (χ1) is 10.8. The number of nitrogens with zero attached hydrogens (tertiary/aromatic N) is 5. The Kier molecular flexibility index (Phi) is 3.12. The molecule has 0 aliphatic carbocycles. The molecule has 0 fully saturated rings. The highest BCUT2D eigenvalue weighted by Gasteiger charge is 2.10. The number of hydrogen-bond acceptors (Lipinski definition) is 5. The van der Waals surface area contributed by atoms with Gasteiger partial charge < -0.3 is 4.98 Å². The first kappa shape index (κ1) is 13.0. The van der Waals surface area contributed by atoms with E-state index < -0.39 is 0 Å². The van der Waals surface area contributed by atoms with Gasteiger partial charge in [-0.3, -0.25) is 0 Å². The van der Waals surface area contributed by atoms with Crippen molar-refractivity contribution in [3.05, 3.63) is 54.6 Å². The van der Waals surface area contributed by atoms with Crippen molar-refractivity contribution in [2.45, 2.75) is 17.1 Å². The second-order valence-electron chi connectivity index (χ2n) is 4.78. The van der Waals surface area contributed by atoms with Gasteiger partial charge in [0.25, 0.3) is 5.78 Å². The van der Waals surface area contributed by atoms with Gasteiger partial charge >= 0.3 is 0 Å². The Bertz CT molecular complexity index is 928. The minimum atomic E-state index is 0.595. The number of aromatic amines is 1. The molecule has 6 nitrogen and oxygen atoms in total. The molecule has 0 spiro atoms. The van der Waals surface area contributed by atoms with Crippen LogP contribution in [0.3, 0.4) is 0 Å². The van der Waals surface area contributed by atoms with Crippen LogP contribution in [0.2, 0.25) is 0 Å². The summed E-state index contributed by atoms with van der Waals surface area (Å²) in [5.74, 6) is 0.595. The van der Waals surface area contributed by atoms with Gasteiger partial charge in [-0.1, -0.05) is 30.3 Å². The van der Waals surface area contributed by atoms with Crippen LogP contribution < -0.4 is 0 Å². The van der Waals surface area contributed by atoms with Crippen molar-refractivity contribution in [2.75, 3.05) is 0 Å². The van der Waals surface area contributed by atoms with Gasteiger partial charge in [0.15, 0.2) is 5.16 Å². The number of benzene rings is 1. The molecular formula is C15H12N6S. The zero-order valence-corrected chi connectivity index (χ0v) is 12.6. The molecule has 4 rings (SSSR count). The van der Waals surface area contributed by atoms with Gasteiger partial charge in [-0.05, 0) is 30.3 Å². The largest absolute Gasteiger partial charge is 0.333 e. The average molecular weight is 308 g/mol. The number of H-pyrrole nitrogens is 1. The third kappa shape index (κ3) is 2.35. The maximum atomic E-state index is 4.43. The Balaban J connectivity index is 1.69. The molecule has 3 aromatic heterocycles. The molecule has 0 amide bonds. The van der Waals surface area contributed by atoms with Gasteiger partial charge in [0, 0.05) is 5.69 Å². The highest BCUT2D eigenvalue weighted by atomic mass is 32.2. The lowest BCUT2D eigenvalue weighted by atomic mass is 10.2. The highest BCUT2D eigenvalue weighted by molar-refractivity contribution is 7.99. The Morgan fingerprint density at radius 2 is 2.00 bits per heavy atom. The van der Waals surface area contributed by atoms with Crippen LogP contribution in [0.5, 0.6) is 0 Å². The second kappa shape index (κ2) is 5.27. The van der Waals surface area contributed by atoms with Gasteiger partial charge in [-0.25, -0.2) is 9.97 Å². The Morgan fingerprint density at radius 3 is 2.86 bits per heavy atom. The molecule has 7 heteroatoms. The van der Waals surface area contributed by atoms with Crippen LogP contribution in [0, 0.1) is 6.92 Å². The molecule has 0 aliphatic heterocycles. The molecule has 0 aliphatic rings.